The zero-order valence-electron chi connectivity index (χ0n) is 64.6. The molecule has 0 saturated carbocycles. The van der Waals surface area contributed by atoms with Crippen molar-refractivity contribution in [3.63, 3.8) is 0 Å². The lowest BCUT2D eigenvalue weighted by Gasteiger charge is -2.34. The topological polar surface area (TPSA) is 607 Å². The van der Waals surface area contributed by atoms with Crippen LogP contribution in [0.1, 0.15) is 115 Å². The van der Waals surface area contributed by atoms with Crippen molar-refractivity contribution < 1.29 is 86.6 Å². The number of ether oxygens (including phenoxy) is 1. The van der Waals surface area contributed by atoms with Crippen molar-refractivity contribution >= 4 is 128 Å². The second-order valence-corrected chi connectivity index (χ2v) is 29.6. The number of thioether (sulfide) groups is 1. The van der Waals surface area contributed by atoms with Crippen LogP contribution in [0.2, 0.25) is 0 Å². The van der Waals surface area contributed by atoms with E-state index < -0.39 is 192 Å². The molecule has 0 radical (unpaired) electrons. The SMILES string of the molecule is CC(=O)NCCCC[C@H](NC(=O)[C@](C)(CCCCN)NC(=O)[C@H](Cc1c[nH]c2ccccc12)NC(=O)[C@H](Cc1ccc(OCCN)cc1)NC(=O)[C@@H]1CSCC[C@H](NC(C)=O)C(=O)N[C@@H](CCC(N)=O)C(=O)N[C@@H]([C@@H](C)O)C(=O)N[C@@H](Cc2c[nH]c3ccccc23)C(=O)N[C@@H](CCC(N)=O)C(=O)N1)C(=O)NC1CNC(=O)CNC1=O. The molecule has 39 heteroatoms. The van der Waals surface area contributed by atoms with Crippen LogP contribution in [0.5, 0.6) is 5.75 Å². The monoisotopic (exact) mass is 1620 g/mol. The van der Waals surface area contributed by atoms with E-state index in [1.807, 2.05) is 0 Å². The number of para-hydroxylation sites is 2. The number of fused-ring (bicyclic) bond motifs is 2. The number of rotatable bonds is 36. The molecular formula is C76H106N20O18S. The first kappa shape index (κ1) is 90.5. The zero-order chi connectivity index (χ0) is 83.9. The molecule has 4 heterocycles. The normalized spacial score (nSPS) is 20.3. The molecule has 0 spiro atoms. The van der Waals surface area contributed by atoms with Gasteiger partial charge in [-0.15, -0.1) is 0 Å². The van der Waals surface area contributed by atoms with Crippen molar-refractivity contribution in [2.24, 2.45) is 22.9 Å². The van der Waals surface area contributed by atoms with Gasteiger partial charge in [0.25, 0.3) is 0 Å². The first-order chi connectivity index (χ1) is 54.8. The second kappa shape index (κ2) is 44.7. The summed E-state index contributed by atoms with van der Waals surface area (Å²) >= 11 is 0.945. The number of unbranched alkanes of at least 4 members (excludes halogenated alkanes) is 2. The number of nitrogens with two attached hydrogens (primary N) is 4. The maximum Gasteiger partial charge on any atom is 0.246 e. The number of carbonyl (C=O) groups excluding carboxylic acids is 16. The number of amides is 16. The summed E-state index contributed by atoms with van der Waals surface area (Å²) in [5.41, 5.74) is 23.5. The highest BCUT2D eigenvalue weighted by Gasteiger charge is 2.42. The number of aromatic nitrogens is 2. The van der Waals surface area contributed by atoms with E-state index in [1.54, 1.807) is 85.2 Å². The summed E-state index contributed by atoms with van der Waals surface area (Å²) in [5.74, 6) is -14.3. The third kappa shape index (κ3) is 28.4. The molecule has 115 heavy (non-hydrogen) atoms. The number of primary amides is 2. The largest absolute Gasteiger partial charge is 0.492 e. The number of carbonyl (C=O) groups is 16. The quantitative estimate of drug-likeness (QED) is 0.0168. The molecule has 2 aromatic heterocycles. The summed E-state index contributed by atoms with van der Waals surface area (Å²) in [6.07, 6.45) is -0.679. The van der Waals surface area contributed by atoms with Gasteiger partial charge >= 0.3 is 0 Å². The molecule has 5 aromatic rings. The van der Waals surface area contributed by atoms with Crippen LogP contribution >= 0.6 is 11.8 Å². The second-order valence-electron chi connectivity index (χ2n) is 28.5. The molecule has 3 aromatic carbocycles. The van der Waals surface area contributed by atoms with Crippen LogP contribution in [-0.4, -0.2) is 232 Å². The Morgan fingerprint density at radius 2 is 1.22 bits per heavy atom. The van der Waals surface area contributed by atoms with Gasteiger partial charge in [-0.1, -0.05) is 48.5 Å². The van der Waals surface area contributed by atoms with Crippen molar-refractivity contribution in [2.75, 3.05) is 50.8 Å². The lowest BCUT2D eigenvalue weighted by Crippen LogP contribution is -2.64. The highest BCUT2D eigenvalue weighted by atomic mass is 32.2. The smallest absolute Gasteiger partial charge is 0.246 e. The Labute approximate surface area is 667 Å². The maximum absolute atomic E-state index is 15.7. The highest BCUT2D eigenvalue weighted by molar-refractivity contribution is 7.99. The minimum absolute atomic E-state index is 0.0423. The molecule has 38 nitrogen and oxygen atoms in total. The number of hydrogen-bond donors (Lipinski definition) is 21. The van der Waals surface area contributed by atoms with Gasteiger partial charge in [0.2, 0.25) is 94.5 Å². The Hall–Kier alpha value is -11.7. The summed E-state index contributed by atoms with van der Waals surface area (Å²) < 4.78 is 5.73. The van der Waals surface area contributed by atoms with Gasteiger partial charge < -0.3 is 117 Å². The van der Waals surface area contributed by atoms with Crippen molar-refractivity contribution in [3.05, 3.63) is 102 Å². The van der Waals surface area contributed by atoms with E-state index >= 15 is 28.8 Å². The summed E-state index contributed by atoms with van der Waals surface area (Å²) in [5, 5.41) is 49.1. The van der Waals surface area contributed by atoms with Gasteiger partial charge in [0, 0.05) is 106 Å². The zero-order valence-corrected chi connectivity index (χ0v) is 65.4. The van der Waals surface area contributed by atoms with E-state index in [9.17, 15) is 53.1 Å². The third-order valence-electron chi connectivity index (χ3n) is 19.2. The van der Waals surface area contributed by atoms with Crippen LogP contribution in [0.3, 0.4) is 0 Å². The Morgan fingerprint density at radius 3 is 1.84 bits per heavy atom. The standard InChI is InChI=1S/C76H106N20O18S/c1-41(97)64-74(112)91-57(34-45-36-82-50-15-7-5-13-48(45)50)71(109)88-53(22-24-61(79)100)67(105)93-60(40-115-32-26-55(86-43(3)99)68(106)87-54(69(107)95-64)23-25-62(80)101)72(110)89-56(33-44-18-20-47(21-19-44)114-31-29-78)70(108)90-58(35-46-37-83-51-16-8-6-14-49(46)51)73(111)96-76(4,27-10-11-28-77)75(113)94-52(17-9-12-30-81-42(2)98)66(104)92-59-38-84-63(102)39-85-65(59)103/h5-8,13-16,18-21,36-37,41,52-60,64,82-83,97H,9-12,17,22-35,38-40,77-78H2,1-4H3,(H2,79,100)(H2,80,101)(H,81,98)(H,84,102)(H,85,103)(H,86,99)(H,87,106)(H,88,109)(H,89,110)(H,90,108)(H,91,112)(H,92,104)(H,93,105)(H,94,113)(H,95,107)(H,96,111)/t41-,52+,53+,54+,55+,56+,57+,58+,59?,60+,64+,76+/m1/s1. The number of benzene rings is 3. The van der Waals surface area contributed by atoms with Crippen LogP contribution in [-0.2, 0) is 96.0 Å². The van der Waals surface area contributed by atoms with E-state index in [4.69, 9.17) is 27.7 Å². The fourth-order valence-electron chi connectivity index (χ4n) is 12.9. The molecule has 1 unspecified atom stereocenters. The average molecular weight is 1620 g/mol. The molecule has 2 aliphatic heterocycles. The van der Waals surface area contributed by atoms with Crippen LogP contribution in [0.4, 0.5) is 0 Å². The van der Waals surface area contributed by atoms with Gasteiger partial charge in [-0.25, -0.2) is 0 Å². The van der Waals surface area contributed by atoms with Gasteiger partial charge in [-0.2, -0.15) is 11.8 Å². The van der Waals surface area contributed by atoms with Gasteiger partial charge in [0.05, 0.1) is 12.6 Å². The summed E-state index contributed by atoms with van der Waals surface area (Å²) in [4.78, 5) is 231. The number of aliphatic hydroxyl groups is 1. The fourth-order valence-corrected chi connectivity index (χ4v) is 13.9. The molecule has 16 amide bonds. The Balaban J connectivity index is 1.29. The Morgan fingerprint density at radius 1 is 0.609 bits per heavy atom. The molecule has 2 aliphatic rings. The minimum Gasteiger partial charge on any atom is -0.492 e. The van der Waals surface area contributed by atoms with Crippen molar-refractivity contribution in [1.29, 1.82) is 0 Å². The van der Waals surface area contributed by atoms with Crippen molar-refractivity contribution in [2.45, 2.75) is 190 Å². The number of aliphatic hydroxyl groups excluding tert-OH is 1. The summed E-state index contributed by atoms with van der Waals surface area (Å²) in [7, 11) is 0. The Kier molecular flexibility index (Phi) is 35.1. The fraction of sp³-hybridized carbons (Fsp3) is 0.500. The predicted octanol–water partition coefficient (Wildman–Crippen LogP) is -4.51. The van der Waals surface area contributed by atoms with E-state index in [0.29, 0.717) is 57.1 Å². The summed E-state index contributed by atoms with van der Waals surface area (Å²) in [6, 6.07) is 4.25. The van der Waals surface area contributed by atoms with E-state index in [0.717, 1.165) is 25.6 Å². The minimum atomic E-state index is -1.92. The van der Waals surface area contributed by atoms with E-state index in [2.05, 4.69) is 84.4 Å². The molecule has 0 aliphatic carbocycles. The number of H-pyrrole nitrogens is 2. The van der Waals surface area contributed by atoms with Gasteiger partial charge in [-0.05, 0) is 125 Å². The first-order valence-electron chi connectivity index (χ1n) is 38.0. The molecular weight excluding hydrogens is 1510 g/mol. The number of hydrogen-bond acceptors (Lipinski definition) is 21. The maximum atomic E-state index is 15.7. The van der Waals surface area contributed by atoms with Gasteiger partial charge in [0.1, 0.15) is 78.3 Å². The van der Waals surface area contributed by atoms with Crippen LogP contribution in [0, 0.1) is 0 Å². The highest BCUT2D eigenvalue weighted by Crippen LogP contribution is 2.24. The summed E-state index contributed by atoms with van der Waals surface area (Å²) in [6.45, 7) is 5.07. The Bertz CT molecular complexity index is 4290. The van der Waals surface area contributed by atoms with E-state index in [1.165, 1.54) is 13.8 Å². The average Bonchev–Trinajstić information content (AvgIpc) is 1.43. The lowest BCUT2D eigenvalue weighted by atomic mass is 9.91. The molecule has 624 valence electrons. The van der Waals surface area contributed by atoms with Crippen LogP contribution < -0.4 is 102 Å². The first-order valence-corrected chi connectivity index (χ1v) is 39.2. The molecule has 25 N–H and O–H groups in total. The number of aromatic amines is 2. The molecule has 12 atom stereocenters. The van der Waals surface area contributed by atoms with Gasteiger partial charge in [0.15, 0.2) is 0 Å². The van der Waals surface area contributed by atoms with Gasteiger partial charge in [-0.3, -0.25) is 76.7 Å². The molecule has 2 fully saturated rings. The van der Waals surface area contributed by atoms with E-state index in [-0.39, 0.29) is 102 Å². The predicted molar refractivity (Wildman–Crippen MR) is 422 cm³/mol. The molecule has 7 rings (SSSR count). The third-order valence-corrected chi connectivity index (χ3v) is 20.3. The van der Waals surface area contributed by atoms with Crippen molar-refractivity contribution in [1.82, 2.24) is 84.4 Å². The van der Waals surface area contributed by atoms with Crippen LogP contribution in [0.25, 0.3) is 21.8 Å². The lowest BCUT2D eigenvalue weighted by molar-refractivity contribution is -0.138. The molecule has 0 bridgehead atoms. The van der Waals surface area contributed by atoms with Crippen molar-refractivity contribution in [3.8, 4) is 5.75 Å². The number of nitrogens with one attached hydrogen (secondary N) is 16. The molecule has 2 saturated heterocycles. The van der Waals surface area contributed by atoms with Crippen LogP contribution in [0.15, 0.2) is 85.2 Å².